The third-order valence-electron chi connectivity index (χ3n) is 0.923. The van der Waals surface area contributed by atoms with Crippen LogP contribution in [0, 0.1) is 0 Å². The highest BCUT2D eigenvalue weighted by Crippen LogP contribution is 2.38. The van der Waals surface area contributed by atoms with Crippen molar-refractivity contribution in [3.63, 3.8) is 0 Å². The summed E-state index contributed by atoms with van der Waals surface area (Å²) in [5, 5.41) is 0. The second-order valence-electron chi connectivity index (χ2n) is 1.63. The van der Waals surface area contributed by atoms with E-state index < -0.39 is 7.58 Å². The van der Waals surface area contributed by atoms with E-state index in [1.165, 1.54) is 0 Å². The summed E-state index contributed by atoms with van der Waals surface area (Å²) in [6.45, 7) is 0. The average Bonchev–Trinajstić information content (AvgIpc) is 1.88. The smallest absolute Gasteiger partial charge is 0.00909 e. The zero-order valence-electron chi connectivity index (χ0n) is 5.06. The highest BCUT2D eigenvalue weighted by molar-refractivity contribution is 8.51. The summed E-state index contributed by atoms with van der Waals surface area (Å²) in [7, 11) is -2.36. The Labute approximate surface area is 64.6 Å². The molecule has 0 aliphatic heterocycles. The van der Waals surface area contributed by atoms with Crippen LogP contribution in [0.15, 0.2) is 35.2 Å². The second-order valence-corrected chi connectivity index (χ2v) is 4.17. The molecule has 0 bridgehead atoms. The van der Waals surface area contributed by atoms with E-state index in [9.17, 15) is 9.79 Å². The molecule has 0 atom stereocenters. The Morgan fingerprint density at radius 1 is 1.10 bits per heavy atom. The van der Waals surface area contributed by atoms with Crippen molar-refractivity contribution in [2.24, 2.45) is 0 Å². The van der Waals surface area contributed by atoms with E-state index in [1.807, 2.05) is 6.07 Å². The molecule has 0 heterocycles. The summed E-state index contributed by atoms with van der Waals surface area (Å²) in [6, 6.07) is 8.98. The Morgan fingerprint density at radius 2 is 1.70 bits per heavy atom. The molecule has 1 aromatic carbocycles. The lowest BCUT2D eigenvalue weighted by Crippen LogP contribution is -2.03. The van der Waals surface area contributed by atoms with Gasteiger partial charge in [0.1, 0.15) is 0 Å². The van der Waals surface area contributed by atoms with E-state index in [-0.39, 0.29) is 0 Å². The lowest BCUT2D eigenvalue weighted by Gasteiger charge is -2.28. The van der Waals surface area contributed by atoms with Crippen molar-refractivity contribution in [3.8, 4) is 0 Å². The van der Waals surface area contributed by atoms with Crippen LogP contribution in [0.4, 0.5) is 0 Å². The summed E-state index contributed by atoms with van der Waals surface area (Å²) in [4.78, 5) is 21.1. The largest absolute Gasteiger partial charge is 0.833 e. The minimum absolute atomic E-state index is 0.763. The van der Waals surface area contributed by atoms with E-state index in [0.717, 1.165) is 16.3 Å². The van der Waals surface area contributed by atoms with Crippen LogP contribution in [-0.2, 0) is 0 Å². The summed E-state index contributed by atoms with van der Waals surface area (Å²) in [5.41, 5.74) is 0. The van der Waals surface area contributed by atoms with Gasteiger partial charge in [0.2, 0.25) is 0 Å². The first-order valence-corrected chi connectivity index (χ1v) is 5.26. The lowest BCUT2D eigenvalue weighted by molar-refractivity contribution is -0.282. The molecule has 0 aliphatic rings. The molecule has 0 aromatic heterocycles. The molecule has 0 fully saturated rings. The van der Waals surface area contributed by atoms with Crippen LogP contribution in [-0.4, -0.2) is 0 Å². The van der Waals surface area contributed by atoms with Crippen LogP contribution in [0.25, 0.3) is 0 Å². The first-order valence-electron chi connectivity index (χ1n) is 2.66. The van der Waals surface area contributed by atoms with Gasteiger partial charge < -0.3 is 9.79 Å². The van der Waals surface area contributed by atoms with Crippen LogP contribution in [0.2, 0.25) is 0 Å². The molecule has 0 unspecified atom stereocenters. The van der Waals surface area contributed by atoms with Crippen molar-refractivity contribution >= 4 is 19.0 Å². The highest BCUT2D eigenvalue weighted by atomic mass is 32.7. The Morgan fingerprint density at radius 3 is 2.20 bits per heavy atom. The molecule has 0 amide bonds. The fourth-order valence-corrected chi connectivity index (χ4v) is 1.90. The van der Waals surface area contributed by atoms with Gasteiger partial charge >= 0.3 is 0 Å². The van der Waals surface area contributed by atoms with Gasteiger partial charge in [-0.25, -0.2) is 7.58 Å². The van der Waals surface area contributed by atoms with Gasteiger partial charge in [-0.05, 0) is 12.1 Å². The molecule has 0 saturated heterocycles. The van der Waals surface area contributed by atoms with Gasteiger partial charge in [0.25, 0.3) is 0 Å². The summed E-state index contributed by atoms with van der Waals surface area (Å²) in [5.74, 6) is 0. The summed E-state index contributed by atoms with van der Waals surface area (Å²) >= 11 is 0.852. The third kappa shape index (κ3) is 2.67. The van der Waals surface area contributed by atoms with Crippen LogP contribution >= 0.6 is 19.0 Å². The zero-order chi connectivity index (χ0) is 7.40. The molecule has 1 aromatic rings. The molecule has 10 heavy (non-hydrogen) atoms. The first kappa shape index (κ1) is 8.02. The maximum absolute atomic E-state index is 10.2. The van der Waals surface area contributed by atoms with E-state index >= 15 is 0 Å². The fraction of sp³-hybridized carbons (Fsp3) is 0. The van der Waals surface area contributed by atoms with E-state index in [4.69, 9.17) is 0 Å². The quantitative estimate of drug-likeness (QED) is 0.617. The van der Waals surface area contributed by atoms with Crippen molar-refractivity contribution in [1.82, 2.24) is 0 Å². The van der Waals surface area contributed by atoms with E-state index in [2.05, 4.69) is 0 Å². The maximum atomic E-state index is 10.2. The zero-order valence-corrected chi connectivity index (χ0v) is 6.77. The van der Waals surface area contributed by atoms with Gasteiger partial charge in [-0.15, -0.1) is 11.4 Å². The molecule has 0 N–H and O–H groups in total. The lowest BCUT2D eigenvalue weighted by atomic mass is 10.4. The molecule has 0 saturated carbocycles. The van der Waals surface area contributed by atoms with Gasteiger partial charge in [0.15, 0.2) is 0 Å². The predicted octanol–water partition coefficient (Wildman–Crippen LogP) is 0.726. The van der Waals surface area contributed by atoms with E-state index in [1.54, 1.807) is 24.3 Å². The molecule has 1 rings (SSSR count). The molecule has 0 radical (unpaired) electrons. The van der Waals surface area contributed by atoms with Gasteiger partial charge in [-0.2, -0.15) is 0 Å². The van der Waals surface area contributed by atoms with Crippen molar-refractivity contribution in [2.45, 2.75) is 4.90 Å². The maximum Gasteiger partial charge on any atom is 0.00909 e. The Balaban J connectivity index is 2.59. The van der Waals surface area contributed by atoms with Crippen LogP contribution in [0.5, 0.6) is 0 Å². The van der Waals surface area contributed by atoms with Crippen LogP contribution in [0.3, 0.4) is 0 Å². The molecule has 0 spiro atoms. The fourth-order valence-electron chi connectivity index (χ4n) is 0.567. The molecule has 4 heteroatoms. The van der Waals surface area contributed by atoms with Gasteiger partial charge in [0, 0.05) is 4.90 Å². The monoisotopic (exact) mass is 172 g/mol. The Bertz CT molecular complexity index is 190. The topological polar surface area (TPSA) is 46.1 Å². The number of hydrogen-bond donors (Lipinski definition) is 0. The normalized spacial score (nSPS) is 10.3. The molecule has 0 aliphatic carbocycles. The molecular weight excluding hydrogens is 167 g/mol. The minimum atomic E-state index is -2.36. The van der Waals surface area contributed by atoms with Crippen molar-refractivity contribution in [3.05, 3.63) is 30.3 Å². The first-order chi connectivity index (χ1) is 4.79. The van der Waals surface area contributed by atoms with Crippen LogP contribution in [0.1, 0.15) is 0 Å². The Hall–Kier alpha value is -0.0800. The second kappa shape index (κ2) is 3.94. The number of hydrogen-bond acceptors (Lipinski definition) is 3. The summed E-state index contributed by atoms with van der Waals surface area (Å²) in [6.07, 6.45) is 0. The SMILES string of the molecule is [O-]P([O-])Sc1ccccc1. The predicted molar refractivity (Wildman–Crippen MR) is 39.2 cm³/mol. The van der Waals surface area contributed by atoms with Crippen LogP contribution < -0.4 is 9.79 Å². The number of rotatable bonds is 2. The minimum Gasteiger partial charge on any atom is -0.833 e. The molecular formula is C6H5O2PS-2. The van der Waals surface area contributed by atoms with Gasteiger partial charge in [-0.3, -0.25) is 0 Å². The van der Waals surface area contributed by atoms with Crippen molar-refractivity contribution in [1.29, 1.82) is 0 Å². The standard InChI is InChI=1S/C6H5O2PS/c7-9(8)10-6-4-2-1-3-5-6/h1-5H/q-2. The van der Waals surface area contributed by atoms with E-state index in [0.29, 0.717) is 0 Å². The number of benzene rings is 1. The van der Waals surface area contributed by atoms with Gasteiger partial charge in [0.05, 0.1) is 0 Å². The average molecular weight is 172 g/mol. The molecule has 54 valence electrons. The summed E-state index contributed by atoms with van der Waals surface area (Å²) < 4.78 is 0. The highest BCUT2D eigenvalue weighted by Gasteiger charge is 1.84. The molecule has 2 nitrogen and oxygen atoms in total. The van der Waals surface area contributed by atoms with Crippen molar-refractivity contribution < 1.29 is 9.79 Å². The Kier molecular flexibility index (Phi) is 3.16. The third-order valence-corrected chi connectivity index (χ3v) is 2.63. The van der Waals surface area contributed by atoms with Gasteiger partial charge in [-0.1, -0.05) is 18.2 Å². The van der Waals surface area contributed by atoms with Crippen molar-refractivity contribution in [2.75, 3.05) is 0 Å².